The molecule has 0 fully saturated rings. The van der Waals surface area contributed by atoms with E-state index in [2.05, 4.69) is 10.6 Å². The fraction of sp³-hybridized carbons (Fsp3) is 0.500. The lowest BCUT2D eigenvalue weighted by Crippen LogP contribution is -2.46. The van der Waals surface area contributed by atoms with Crippen LogP contribution in [0, 0.1) is 11.3 Å². The Balaban J connectivity index is 2.73. The standard InChI is InChI=1S/C16H24N2O3/c1-11(2)10-17-14(19)16(3,4)15(20)18-12-7-6-8-13(9-12)21-5/h6-9,11H,10H2,1-5H3,(H,17,19)(H,18,20). The number of carbonyl (C=O) groups is 2. The highest BCUT2D eigenvalue weighted by atomic mass is 16.5. The Labute approximate surface area is 126 Å². The molecule has 1 aromatic rings. The van der Waals surface area contributed by atoms with Crippen LogP contribution in [0.3, 0.4) is 0 Å². The number of hydrogen-bond acceptors (Lipinski definition) is 3. The molecule has 0 aliphatic heterocycles. The Morgan fingerprint density at radius 3 is 2.48 bits per heavy atom. The molecule has 2 N–H and O–H groups in total. The number of nitrogens with one attached hydrogen (secondary N) is 2. The SMILES string of the molecule is COc1cccc(NC(=O)C(C)(C)C(=O)NCC(C)C)c1. The van der Waals surface area contributed by atoms with E-state index in [1.807, 2.05) is 13.8 Å². The van der Waals surface area contributed by atoms with Crippen LogP contribution in [0.2, 0.25) is 0 Å². The summed E-state index contributed by atoms with van der Waals surface area (Å²) in [6.45, 7) is 7.78. The Kier molecular flexibility index (Phi) is 5.76. The summed E-state index contributed by atoms with van der Waals surface area (Å²) in [7, 11) is 1.56. The van der Waals surface area contributed by atoms with Gasteiger partial charge in [-0.05, 0) is 31.9 Å². The number of hydrogen-bond donors (Lipinski definition) is 2. The highest BCUT2D eigenvalue weighted by Crippen LogP contribution is 2.21. The molecule has 1 rings (SSSR count). The lowest BCUT2D eigenvalue weighted by Gasteiger charge is -2.23. The summed E-state index contributed by atoms with van der Waals surface area (Å²) >= 11 is 0. The largest absolute Gasteiger partial charge is 0.497 e. The van der Waals surface area contributed by atoms with Gasteiger partial charge in [-0.1, -0.05) is 19.9 Å². The van der Waals surface area contributed by atoms with Gasteiger partial charge in [0.1, 0.15) is 11.2 Å². The van der Waals surface area contributed by atoms with E-state index in [9.17, 15) is 9.59 Å². The topological polar surface area (TPSA) is 67.4 Å². The first kappa shape index (κ1) is 17.0. The average Bonchev–Trinajstić information content (AvgIpc) is 2.44. The van der Waals surface area contributed by atoms with Gasteiger partial charge in [0.25, 0.3) is 0 Å². The van der Waals surface area contributed by atoms with Crippen molar-refractivity contribution < 1.29 is 14.3 Å². The average molecular weight is 292 g/mol. The van der Waals surface area contributed by atoms with Crippen LogP contribution in [-0.4, -0.2) is 25.5 Å². The van der Waals surface area contributed by atoms with E-state index < -0.39 is 5.41 Å². The van der Waals surface area contributed by atoms with Crippen molar-refractivity contribution in [3.8, 4) is 5.75 Å². The Morgan fingerprint density at radius 1 is 1.24 bits per heavy atom. The van der Waals surface area contributed by atoms with Gasteiger partial charge >= 0.3 is 0 Å². The van der Waals surface area contributed by atoms with E-state index in [1.54, 1.807) is 45.2 Å². The Bertz CT molecular complexity index is 510. The summed E-state index contributed by atoms with van der Waals surface area (Å²) < 4.78 is 5.10. The molecule has 0 aliphatic rings. The summed E-state index contributed by atoms with van der Waals surface area (Å²) in [4.78, 5) is 24.4. The highest BCUT2D eigenvalue weighted by molar-refractivity contribution is 6.09. The number of anilines is 1. The Morgan fingerprint density at radius 2 is 1.90 bits per heavy atom. The molecule has 0 radical (unpaired) electrons. The van der Waals surface area contributed by atoms with Crippen LogP contribution in [0.25, 0.3) is 0 Å². The van der Waals surface area contributed by atoms with Crippen molar-refractivity contribution in [2.75, 3.05) is 19.0 Å². The fourth-order valence-electron chi connectivity index (χ4n) is 1.61. The molecule has 5 nitrogen and oxygen atoms in total. The van der Waals surface area contributed by atoms with Gasteiger partial charge in [-0.3, -0.25) is 9.59 Å². The van der Waals surface area contributed by atoms with E-state index >= 15 is 0 Å². The molecule has 0 bridgehead atoms. The second-order valence-electron chi connectivity index (χ2n) is 5.91. The first-order valence-electron chi connectivity index (χ1n) is 7.01. The van der Waals surface area contributed by atoms with Crippen LogP contribution in [-0.2, 0) is 9.59 Å². The molecule has 0 aliphatic carbocycles. The number of methoxy groups -OCH3 is 1. The zero-order valence-corrected chi connectivity index (χ0v) is 13.3. The smallest absolute Gasteiger partial charge is 0.239 e. The zero-order chi connectivity index (χ0) is 16.0. The highest BCUT2D eigenvalue weighted by Gasteiger charge is 2.36. The van der Waals surface area contributed by atoms with Gasteiger partial charge in [-0.15, -0.1) is 0 Å². The van der Waals surface area contributed by atoms with Gasteiger partial charge in [-0.2, -0.15) is 0 Å². The first-order chi connectivity index (χ1) is 9.77. The summed E-state index contributed by atoms with van der Waals surface area (Å²) in [6, 6.07) is 7.03. The third-order valence-corrected chi connectivity index (χ3v) is 3.13. The van der Waals surface area contributed by atoms with E-state index in [-0.39, 0.29) is 11.8 Å². The van der Waals surface area contributed by atoms with Gasteiger partial charge in [0.05, 0.1) is 7.11 Å². The normalized spacial score (nSPS) is 11.1. The second-order valence-corrected chi connectivity index (χ2v) is 5.91. The minimum absolute atomic E-state index is 0.281. The van der Waals surface area contributed by atoms with Crippen molar-refractivity contribution >= 4 is 17.5 Å². The first-order valence-corrected chi connectivity index (χ1v) is 7.01. The van der Waals surface area contributed by atoms with Gasteiger partial charge in [-0.25, -0.2) is 0 Å². The van der Waals surface area contributed by atoms with Gasteiger partial charge in [0, 0.05) is 18.3 Å². The lowest BCUT2D eigenvalue weighted by molar-refractivity contribution is -0.138. The molecule has 2 amide bonds. The number of carbonyl (C=O) groups excluding carboxylic acids is 2. The van der Waals surface area contributed by atoms with Crippen LogP contribution < -0.4 is 15.4 Å². The quantitative estimate of drug-likeness (QED) is 0.791. The molecule has 0 spiro atoms. The van der Waals surface area contributed by atoms with Crippen LogP contribution in [0.15, 0.2) is 24.3 Å². The van der Waals surface area contributed by atoms with Crippen molar-refractivity contribution in [1.82, 2.24) is 5.32 Å². The number of rotatable bonds is 6. The molecule has 0 aromatic heterocycles. The molecule has 5 heteroatoms. The van der Waals surface area contributed by atoms with Gasteiger partial charge in [0.2, 0.25) is 11.8 Å². The fourth-order valence-corrected chi connectivity index (χ4v) is 1.61. The van der Waals surface area contributed by atoms with Crippen molar-refractivity contribution in [3.63, 3.8) is 0 Å². The number of amides is 2. The van der Waals surface area contributed by atoms with E-state index in [0.29, 0.717) is 23.9 Å². The molecule has 0 heterocycles. The van der Waals surface area contributed by atoms with Gasteiger partial charge in [0.15, 0.2) is 0 Å². The Hall–Kier alpha value is -2.04. The maximum Gasteiger partial charge on any atom is 0.239 e. The van der Waals surface area contributed by atoms with Crippen molar-refractivity contribution in [2.45, 2.75) is 27.7 Å². The molecular formula is C16H24N2O3. The van der Waals surface area contributed by atoms with E-state index in [4.69, 9.17) is 4.74 Å². The maximum atomic E-state index is 12.3. The number of ether oxygens (including phenoxy) is 1. The van der Waals surface area contributed by atoms with Crippen molar-refractivity contribution in [2.24, 2.45) is 11.3 Å². The molecule has 0 unspecified atom stereocenters. The monoisotopic (exact) mass is 292 g/mol. The summed E-state index contributed by atoms with van der Waals surface area (Å²) in [5, 5.41) is 5.53. The lowest BCUT2D eigenvalue weighted by atomic mass is 9.90. The summed E-state index contributed by atoms with van der Waals surface area (Å²) in [5.74, 6) is 0.356. The van der Waals surface area contributed by atoms with E-state index in [0.717, 1.165) is 0 Å². The predicted octanol–water partition coefficient (Wildman–Crippen LogP) is 2.43. The minimum atomic E-state index is -1.14. The maximum absolute atomic E-state index is 12.3. The third-order valence-electron chi connectivity index (χ3n) is 3.13. The third kappa shape index (κ3) is 4.77. The van der Waals surface area contributed by atoms with Crippen LogP contribution in [0.4, 0.5) is 5.69 Å². The van der Waals surface area contributed by atoms with Crippen LogP contribution in [0.1, 0.15) is 27.7 Å². The molecule has 0 saturated heterocycles. The molecule has 21 heavy (non-hydrogen) atoms. The number of benzene rings is 1. The van der Waals surface area contributed by atoms with Crippen LogP contribution >= 0.6 is 0 Å². The van der Waals surface area contributed by atoms with Crippen molar-refractivity contribution in [1.29, 1.82) is 0 Å². The predicted molar refractivity (Wildman–Crippen MR) is 83.3 cm³/mol. The molecule has 1 aromatic carbocycles. The second kappa shape index (κ2) is 7.11. The molecular weight excluding hydrogens is 268 g/mol. The molecule has 0 atom stereocenters. The van der Waals surface area contributed by atoms with Gasteiger partial charge < -0.3 is 15.4 Å². The van der Waals surface area contributed by atoms with Crippen molar-refractivity contribution in [3.05, 3.63) is 24.3 Å². The molecule has 0 saturated carbocycles. The minimum Gasteiger partial charge on any atom is -0.497 e. The summed E-state index contributed by atoms with van der Waals surface area (Å²) in [5.41, 5.74) is -0.540. The summed E-state index contributed by atoms with van der Waals surface area (Å²) in [6.07, 6.45) is 0. The van der Waals surface area contributed by atoms with E-state index in [1.165, 1.54) is 0 Å². The van der Waals surface area contributed by atoms with Crippen LogP contribution in [0.5, 0.6) is 5.75 Å². The molecule has 116 valence electrons. The zero-order valence-electron chi connectivity index (χ0n) is 13.3.